The van der Waals surface area contributed by atoms with Crippen molar-refractivity contribution in [3.8, 4) is 22.3 Å². The fourth-order valence-electron chi connectivity index (χ4n) is 6.81. The first-order valence-corrected chi connectivity index (χ1v) is 16.5. The van der Waals surface area contributed by atoms with E-state index >= 15 is 0 Å². The molecule has 0 amide bonds. The second-order valence-electron chi connectivity index (χ2n) is 11.8. The first-order chi connectivity index (χ1) is 22.8. The molecule has 8 aromatic carbocycles. The van der Waals surface area contributed by atoms with E-state index in [1.165, 1.54) is 64.0 Å². The molecule has 0 bridgehead atoms. The first-order valence-electron chi connectivity index (χ1n) is 15.7. The van der Waals surface area contributed by atoms with Gasteiger partial charge in [0, 0.05) is 37.1 Å². The second-order valence-corrected chi connectivity index (χ2v) is 12.9. The molecule has 216 valence electrons. The van der Waals surface area contributed by atoms with Crippen molar-refractivity contribution >= 4 is 70.1 Å². The molecule has 46 heavy (non-hydrogen) atoms. The maximum atomic E-state index is 2.42. The number of fused-ring (bicyclic) bond motifs is 5. The number of hydrogen-bond acceptors (Lipinski definition) is 2. The second kappa shape index (κ2) is 11.0. The molecule has 0 N–H and O–H groups in total. The van der Waals surface area contributed by atoms with Crippen LogP contribution in [0.2, 0.25) is 0 Å². The van der Waals surface area contributed by atoms with Crippen molar-refractivity contribution in [2.24, 2.45) is 0 Å². The predicted octanol–water partition coefficient (Wildman–Crippen LogP) is 13.2. The van der Waals surface area contributed by atoms with Crippen LogP contribution >= 0.6 is 11.3 Å². The number of benzene rings is 8. The van der Waals surface area contributed by atoms with Crippen molar-refractivity contribution in [1.82, 2.24) is 0 Å². The largest absolute Gasteiger partial charge is 0.310 e. The van der Waals surface area contributed by atoms with Gasteiger partial charge < -0.3 is 4.90 Å². The van der Waals surface area contributed by atoms with Gasteiger partial charge in [-0.1, -0.05) is 127 Å². The molecule has 9 aromatic rings. The van der Waals surface area contributed by atoms with Gasteiger partial charge in [0.2, 0.25) is 0 Å². The molecular weight excluding hydrogens is 575 g/mol. The topological polar surface area (TPSA) is 3.24 Å². The van der Waals surface area contributed by atoms with Crippen LogP contribution < -0.4 is 4.90 Å². The lowest BCUT2D eigenvalue weighted by molar-refractivity contribution is 1.29. The lowest BCUT2D eigenvalue weighted by Crippen LogP contribution is -2.11. The molecule has 9 rings (SSSR count). The van der Waals surface area contributed by atoms with E-state index in [1.807, 2.05) is 11.3 Å². The van der Waals surface area contributed by atoms with Crippen molar-refractivity contribution in [2.75, 3.05) is 4.90 Å². The van der Waals surface area contributed by atoms with Gasteiger partial charge in [0.1, 0.15) is 0 Å². The summed E-state index contributed by atoms with van der Waals surface area (Å²) in [5.41, 5.74) is 8.25. The number of para-hydroxylation sites is 1. The Kier molecular flexibility index (Phi) is 6.40. The fraction of sp³-hybridized carbons (Fsp3) is 0. The minimum atomic E-state index is 1.12. The predicted molar refractivity (Wildman–Crippen MR) is 200 cm³/mol. The molecule has 0 unspecified atom stereocenters. The SMILES string of the molecule is c1ccc(-c2ccc(N(c3ccc4cc5sc6ccccc6c5cc4c3)c3ccccc3-c3cccc4ccccc34)cc2)cc1. The Balaban J connectivity index is 1.26. The molecule has 0 saturated heterocycles. The van der Waals surface area contributed by atoms with Crippen LogP contribution in [0.1, 0.15) is 0 Å². The highest BCUT2D eigenvalue weighted by Crippen LogP contribution is 2.44. The Morgan fingerprint density at radius 2 is 1.02 bits per heavy atom. The molecule has 0 aliphatic heterocycles. The smallest absolute Gasteiger partial charge is 0.0540 e. The maximum Gasteiger partial charge on any atom is 0.0540 e. The number of nitrogens with zero attached hydrogens (tertiary/aromatic N) is 1. The van der Waals surface area contributed by atoms with E-state index in [2.05, 4.69) is 181 Å². The zero-order chi connectivity index (χ0) is 30.5. The molecule has 0 saturated carbocycles. The molecule has 0 aliphatic carbocycles. The van der Waals surface area contributed by atoms with Gasteiger partial charge in [-0.25, -0.2) is 0 Å². The molecule has 1 nitrogen and oxygen atoms in total. The summed E-state index contributed by atoms with van der Waals surface area (Å²) in [6.07, 6.45) is 0. The van der Waals surface area contributed by atoms with Crippen LogP contribution in [0, 0.1) is 0 Å². The lowest BCUT2D eigenvalue weighted by Gasteiger charge is -2.28. The van der Waals surface area contributed by atoms with Gasteiger partial charge in [0.15, 0.2) is 0 Å². The Hall–Kier alpha value is -5.70. The summed E-state index contributed by atoms with van der Waals surface area (Å²) in [4.78, 5) is 2.42. The zero-order valence-electron chi connectivity index (χ0n) is 25.1. The standard InChI is InChI=1S/C44H29NS/c1-2-11-30(12-3-1)31-21-24-35(25-22-31)45(42-19-8-6-16-39(42)38-18-10-14-32-13-4-5-15-37(32)38)36-26-23-33-29-44-41(28-34(33)27-36)40-17-7-9-20-43(40)46-44/h1-29H. The number of rotatable bonds is 5. The van der Waals surface area contributed by atoms with Gasteiger partial charge in [-0.05, 0) is 86.8 Å². The highest BCUT2D eigenvalue weighted by atomic mass is 32.1. The molecule has 1 aromatic heterocycles. The highest BCUT2D eigenvalue weighted by Gasteiger charge is 2.19. The van der Waals surface area contributed by atoms with Gasteiger partial charge in [-0.15, -0.1) is 11.3 Å². The maximum absolute atomic E-state index is 2.42. The van der Waals surface area contributed by atoms with E-state index in [4.69, 9.17) is 0 Å². The summed E-state index contributed by atoms with van der Waals surface area (Å²) in [5.74, 6) is 0. The zero-order valence-corrected chi connectivity index (χ0v) is 25.9. The van der Waals surface area contributed by atoms with Crippen LogP contribution in [0.4, 0.5) is 17.1 Å². The highest BCUT2D eigenvalue weighted by molar-refractivity contribution is 7.25. The fourth-order valence-corrected chi connectivity index (χ4v) is 7.95. The summed E-state index contributed by atoms with van der Waals surface area (Å²) in [5, 5.41) is 7.63. The van der Waals surface area contributed by atoms with E-state index in [0.717, 1.165) is 17.1 Å². The average Bonchev–Trinajstić information content (AvgIpc) is 3.49. The first kappa shape index (κ1) is 26.7. The van der Waals surface area contributed by atoms with E-state index in [0.29, 0.717) is 0 Å². The van der Waals surface area contributed by atoms with Gasteiger partial charge in [0.25, 0.3) is 0 Å². The van der Waals surface area contributed by atoms with Crippen molar-refractivity contribution in [1.29, 1.82) is 0 Å². The van der Waals surface area contributed by atoms with Gasteiger partial charge >= 0.3 is 0 Å². The molecule has 0 fully saturated rings. The quantitative estimate of drug-likeness (QED) is 0.189. The average molecular weight is 604 g/mol. The third-order valence-electron chi connectivity index (χ3n) is 9.03. The minimum absolute atomic E-state index is 1.12. The Morgan fingerprint density at radius 1 is 0.348 bits per heavy atom. The van der Waals surface area contributed by atoms with Crippen molar-refractivity contribution in [2.45, 2.75) is 0 Å². The number of hydrogen-bond donors (Lipinski definition) is 0. The van der Waals surface area contributed by atoms with Crippen molar-refractivity contribution in [3.05, 3.63) is 176 Å². The van der Waals surface area contributed by atoms with Crippen molar-refractivity contribution in [3.63, 3.8) is 0 Å². The summed E-state index contributed by atoms with van der Waals surface area (Å²) < 4.78 is 2.66. The van der Waals surface area contributed by atoms with Crippen LogP contribution in [0.25, 0.3) is 64.0 Å². The lowest BCUT2D eigenvalue weighted by atomic mass is 9.96. The normalized spacial score (nSPS) is 11.5. The number of thiophene rings is 1. The van der Waals surface area contributed by atoms with Gasteiger partial charge in [-0.2, -0.15) is 0 Å². The Labute approximate surface area is 272 Å². The van der Waals surface area contributed by atoms with Crippen molar-refractivity contribution < 1.29 is 0 Å². The van der Waals surface area contributed by atoms with E-state index in [-0.39, 0.29) is 0 Å². The van der Waals surface area contributed by atoms with Crippen LogP contribution in [0.15, 0.2) is 176 Å². The summed E-state index contributed by atoms with van der Waals surface area (Å²) in [6.45, 7) is 0. The van der Waals surface area contributed by atoms with Crippen LogP contribution in [0.5, 0.6) is 0 Å². The number of anilines is 3. The molecule has 0 atom stereocenters. The molecule has 1 heterocycles. The third-order valence-corrected chi connectivity index (χ3v) is 10.2. The molecule has 0 aliphatic rings. The van der Waals surface area contributed by atoms with Gasteiger partial charge in [0.05, 0.1) is 5.69 Å². The minimum Gasteiger partial charge on any atom is -0.310 e. The molecular formula is C44H29NS. The Morgan fingerprint density at radius 3 is 1.91 bits per heavy atom. The molecule has 0 radical (unpaired) electrons. The van der Waals surface area contributed by atoms with E-state index in [1.54, 1.807) is 0 Å². The molecule has 2 heteroatoms. The Bertz CT molecular complexity index is 2520. The van der Waals surface area contributed by atoms with Crippen LogP contribution in [-0.2, 0) is 0 Å². The van der Waals surface area contributed by atoms with E-state index in [9.17, 15) is 0 Å². The monoisotopic (exact) mass is 603 g/mol. The summed E-state index contributed by atoms with van der Waals surface area (Å²) >= 11 is 1.87. The summed E-state index contributed by atoms with van der Waals surface area (Å²) in [6, 6.07) is 64.0. The van der Waals surface area contributed by atoms with Gasteiger partial charge in [-0.3, -0.25) is 0 Å². The van der Waals surface area contributed by atoms with E-state index < -0.39 is 0 Å². The van der Waals surface area contributed by atoms with Crippen LogP contribution in [-0.4, -0.2) is 0 Å². The summed E-state index contributed by atoms with van der Waals surface area (Å²) in [7, 11) is 0. The van der Waals surface area contributed by atoms with Crippen LogP contribution in [0.3, 0.4) is 0 Å². The molecule has 0 spiro atoms. The third kappa shape index (κ3) is 4.54.